The molecule has 166 valence electrons. The quantitative estimate of drug-likeness (QED) is 0.259. The van der Waals surface area contributed by atoms with Crippen LogP contribution in [0, 0.1) is 0 Å². The van der Waals surface area contributed by atoms with E-state index in [1.165, 1.54) is 21.5 Å². The number of fused-ring (bicyclic) bond motifs is 2. The van der Waals surface area contributed by atoms with E-state index in [1.54, 1.807) is 0 Å². The maximum Gasteiger partial charge on any atom is 0.146 e. The fraction of sp³-hybridized carbons (Fsp3) is 0.233. The van der Waals surface area contributed by atoms with Crippen LogP contribution in [0.3, 0.4) is 0 Å². The van der Waals surface area contributed by atoms with Gasteiger partial charge >= 0.3 is 0 Å². The summed E-state index contributed by atoms with van der Waals surface area (Å²) in [5.41, 5.74) is 5.90. The summed E-state index contributed by atoms with van der Waals surface area (Å²) in [6.45, 7) is 14.0. The summed E-state index contributed by atoms with van der Waals surface area (Å²) in [6.07, 6.45) is 0. The van der Waals surface area contributed by atoms with Crippen molar-refractivity contribution in [2.45, 2.75) is 45.8 Å². The molecule has 33 heavy (non-hydrogen) atoms. The van der Waals surface area contributed by atoms with Gasteiger partial charge in [-0.25, -0.2) is 4.98 Å². The molecule has 0 N–H and O–H groups in total. The number of rotatable bonds is 3. The van der Waals surface area contributed by atoms with Crippen LogP contribution >= 0.6 is 0 Å². The summed E-state index contributed by atoms with van der Waals surface area (Å²) in [5, 5.41) is 3.93. The zero-order valence-corrected chi connectivity index (χ0v) is 21.5. The molecule has 1 aromatic heterocycles. The number of imidazole rings is 1. The summed E-state index contributed by atoms with van der Waals surface area (Å²) in [4.78, 5) is 5.18. The number of benzene rings is 4. The lowest BCUT2D eigenvalue weighted by Gasteiger charge is -2.20. The molecule has 0 aliphatic heterocycles. The van der Waals surface area contributed by atoms with Gasteiger partial charge < -0.3 is 0 Å². The molecule has 3 heteroatoms. The fourth-order valence-electron chi connectivity index (χ4n) is 4.51. The first-order valence-electron chi connectivity index (χ1n) is 11.7. The van der Waals surface area contributed by atoms with E-state index in [9.17, 15) is 0 Å². The highest BCUT2D eigenvalue weighted by Gasteiger charge is 2.21. The molecule has 0 aliphatic rings. The van der Waals surface area contributed by atoms with Crippen molar-refractivity contribution in [1.29, 1.82) is 0 Å². The third-order valence-corrected chi connectivity index (χ3v) is 8.61. The van der Waals surface area contributed by atoms with Gasteiger partial charge in [0, 0.05) is 11.3 Å². The van der Waals surface area contributed by atoms with Crippen molar-refractivity contribution in [2.24, 2.45) is 0 Å². The summed E-state index contributed by atoms with van der Waals surface area (Å²) in [5.74, 6) is 0.994. The third-order valence-electron chi connectivity index (χ3n) is 6.54. The van der Waals surface area contributed by atoms with Gasteiger partial charge in [-0.1, -0.05) is 106 Å². The van der Waals surface area contributed by atoms with E-state index in [1.807, 2.05) is 0 Å². The second kappa shape index (κ2) is 7.70. The van der Waals surface area contributed by atoms with E-state index < -0.39 is 8.07 Å². The van der Waals surface area contributed by atoms with E-state index in [0.717, 1.165) is 28.1 Å². The molecule has 5 rings (SSSR count). The Balaban J connectivity index is 1.83. The molecule has 0 fully saturated rings. The summed E-state index contributed by atoms with van der Waals surface area (Å²) < 4.78 is 2.35. The molecular formula is C30H32N2Si. The van der Waals surface area contributed by atoms with Gasteiger partial charge in [-0.05, 0) is 46.0 Å². The molecule has 4 aromatic carbocycles. The molecule has 0 radical (unpaired) electrons. The van der Waals surface area contributed by atoms with Gasteiger partial charge in [0.1, 0.15) is 5.82 Å². The largest absolute Gasteiger partial charge is 0.292 e. The lowest BCUT2D eigenvalue weighted by molar-refractivity contribution is 0.591. The first-order chi connectivity index (χ1) is 15.6. The zero-order chi connectivity index (χ0) is 23.4. The van der Waals surface area contributed by atoms with Crippen LogP contribution in [0.1, 0.15) is 26.3 Å². The van der Waals surface area contributed by atoms with Crippen LogP contribution in [0.15, 0.2) is 84.9 Å². The van der Waals surface area contributed by atoms with Crippen molar-refractivity contribution < 1.29 is 0 Å². The van der Waals surface area contributed by atoms with Crippen LogP contribution in [0.4, 0.5) is 0 Å². The van der Waals surface area contributed by atoms with Crippen molar-refractivity contribution in [3.8, 4) is 17.1 Å². The van der Waals surface area contributed by atoms with Crippen LogP contribution in [0.2, 0.25) is 19.6 Å². The molecule has 0 saturated carbocycles. The summed E-state index contributed by atoms with van der Waals surface area (Å²) >= 11 is 0. The topological polar surface area (TPSA) is 17.8 Å². The van der Waals surface area contributed by atoms with Gasteiger partial charge in [-0.2, -0.15) is 0 Å². The van der Waals surface area contributed by atoms with Crippen molar-refractivity contribution in [3.05, 3.63) is 90.5 Å². The van der Waals surface area contributed by atoms with Gasteiger partial charge in [-0.15, -0.1) is 0 Å². The van der Waals surface area contributed by atoms with Gasteiger partial charge in [0.2, 0.25) is 0 Å². The second-order valence-corrected chi connectivity index (χ2v) is 16.1. The Labute approximate surface area is 197 Å². The van der Waals surface area contributed by atoms with E-state index in [0.29, 0.717) is 0 Å². The molecule has 0 spiro atoms. The SMILES string of the molecule is CC(C)(C)c1ccc2nc(-c3cccc4ccccc34)n(-c3ccc([Si](C)(C)C)cc3)c2c1. The Bertz CT molecular complexity index is 1460. The lowest BCUT2D eigenvalue weighted by atomic mass is 9.87. The molecule has 0 bridgehead atoms. The predicted octanol–water partition coefficient (Wildman–Crippen LogP) is 7.69. The van der Waals surface area contributed by atoms with Crippen molar-refractivity contribution in [3.63, 3.8) is 0 Å². The highest BCUT2D eigenvalue weighted by atomic mass is 28.3. The number of aromatic nitrogens is 2. The molecule has 1 heterocycles. The molecule has 0 saturated heterocycles. The maximum absolute atomic E-state index is 5.18. The Morgan fingerprint density at radius 2 is 1.45 bits per heavy atom. The summed E-state index contributed by atoms with van der Waals surface area (Å²) in [7, 11) is -1.37. The number of nitrogens with zero attached hydrogens (tertiary/aromatic N) is 2. The monoisotopic (exact) mass is 448 g/mol. The highest BCUT2D eigenvalue weighted by molar-refractivity contribution is 6.88. The van der Waals surface area contributed by atoms with Crippen molar-refractivity contribution in [1.82, 2.24) is 9.55 Å². The smallest absolute Gasteiger partial charge is 0.146 e. The molecule has 5 aromatic rings. The van der Waals surface area contributed by atoms with Crippen LogP contribution in [-0.4, -0.2) is 17.6 Å². The van der Waals surface area contributed by atoms with E-state index >= 15 is 0 Å². The number of hydrogen-bond acceptors (Lipinski definition) is 1. The molecule has 0 amide bonds. The average Bonchev–Trinajstić information content (AvgIpc) is 3.16. The standard InChI is InChI=1S/C30H32N2Si/c1-30(2,3)22-14-19-27-28(20-22)32(23-15-17-24(18-16-23)33(4,5)6)29(31-27)26-13-9-11-21-10-7-8-12-25(21)26/h7-20H,1-6H3. The van der Waals surface area contributed by atoms with E-state index in [-0.39, 0.29) is 5.41 Å². The van der Waals surface area contributed by atoms with Crippen LogP contribution in [0.25, 0.3) is 38.9 Å². The average molecular weight is 449 g/mol. The lowest BCUT2D eigenvalue weighted by Crippen LogP contribution is -2.37. The summed E-state index contributed by atoms with van der Waals surface area (Å²) in [6, 6.07) is 31.0. The zero-order valence-electron chi connectivity index (χ0n) is 20.5. The molecule has 0 aliphatic carbocycles. The van der Waals surface area contributed by atoms with Crippen LogP contribution in [0.5, 0.6) is 0 Å². The number of hydrogen-bond donors (Lipinski definition) is 0. The van der Waals surface area contributed by atoms with Crippen LogP contribution < -0.4 is 5.19 Å². The first kappa shape index (κ1) is 21.7. The Morgan fingerprint density at radius 3 is 2.15 bits per heavy atom. The van der Waals surface area contributed by atoms with Crippen LogP contribution in [-0.2, 0) is 5.41 Å². The minimum absolute atomic E-state index is 0.0740. The van der Waals surface area contributed by atoms with Gasteiger partial charge in [0.15, 0.2) is 0 Å². The molecule has 2 nitrogen and oxygen atoms in total. The minimum Gasteiger partial charge on any atom is -0.292 e. The molecular weight excluding hydrogens is 416 g/mol. The Kier molecular flexibility index (Phi) is 5.06. The van der Waals surface area contributed by atoms with E-state index in [4.69, 9.17) is 4.98 Å². The predicted molar refractivity (Wildman–Crippen MR) is 146 cm³/mol. The van der Waals surface area contributed by atoms with Crippen molar-refractivity contribution in [2.75, 3.05) is 0 Å². The maximum atomic E-state index is 5.18. The fourth-order valence-corrected chi connectivity index (χ4v) is 5.68. The first-order valence-corrected chi connectivity index (χ1v) is 15.2. The minimum atomic E-state index is -1.37. The molecule has 0 unspecified atom stereocenters. The second-order valence-electron chi connectivity index (χ2n) is 11.0. The van der Waals surface area contributed by atoms with E-state index in [2.05, 4.69) is 130 Å². The van der Waals surface area contributed by atoms with Gasteiger partial charge in [-0.3, -0.25) is 4.57 Å². The van der Waals surface area contributed by atoms with Crippen molar-refractivity contribution >= 4 is 35.1 Å². The van der Waals surface area contributed by atoms with Gasteiger partial charge in [0.25, 0.3) is 0 Å². The highest BCUT2D eigenvalue weighted by Crippen LogP contribution is 2.35. The Morgan fingerprint density at radius 1 is 0.758 bits per heavy atom. The Hall–Kier alpha value is -3.17. The molecule has 0 atom stereocenters. The normalized spacial score (nSPS) is 12.5. The third kappa shape index (κ3) is 3.91. The van der Waals surface area contributed by atoms with Gasteiger partial charge in [0.05, 0.1) is 19.1 Å².